The predicted octanol–water partition coefficient (Wildman–Crippen LogP) is 2.81. The monoisotopic (exact) mass is 443 g/mol. The van der Waals surface area contributed by atoms with E-state index in [1.165, 1.54) is 17.3 Å². The van der Waals surface area contributed by atoms with Crippen LogP contribution in [0.5, 0.6) is 0 Å². The molecular formula is C18H15Cl2N9O. The highest BCUT2D eigenvalue weighted by molar-refractivity contribution is 6.32. The van der Waals surface area contributed by atoms with Gasteiger partial charge < -0.3 is 5.32 Å². The molecule has 0 bridgehead atoms. The Balaban J connectivity index is 1.46. The Labute approximate surface area is 180 Å². The Morgan fingerprint density at radius 3 is 2.80 bits per heavy atom. The van der Waals surface area contributed by atoms with E-state index in [2.05, 4.69) is 49.6 Å². The van der Waals surface area contributed by atoms with Crippen LogP contribution in [0.25, 0.3) is 11.5 Å². The van der Waals surface area contributed by atoms with Gasteiger partial charge >= 0.3 is 0 Å². The maximum atomic E-state index is 13.1. The number of rotatable bonds is 3. The van der Waals surface area contributed by atoms with Gasteiger partial charge in [0.1, 0.15) is 0 Å². The van der Waals surface area contributed by atoms with Crippen molar-refractivity contribution in [1.82, 2.24) is 39.8 Å². The molecule has 0 radical (unpaired) electrons. The topological polar surface area (TPSA) is 116 Å². The van der Waals surface area contributed by atoms with Crippen LogP contribution in [0, 0.1) is 0 Å². The fourth-order valence-corrected chi connectivity index (χ4v) is 4.36. The van der Waals surface area contributed by atoms with Crippen LogP contribution < -0.4 is 5.32 Å². The first kappa shape index (κ1) is 18.9. The molecule has 0 spiro atoms. The van der Waals surface area contributed by atoms with Crippen LogP contribution in [0.3, 0.4) is 0 Å². The third kappa shape index (κ3) is 2.99. The summed E-state index contributed by atoms with van der Waals surface area (Å²) >= 11 is 12.3. The lowest BCUT2D eigenvalue weighted by Crippen LogP contribution is -2.21. The lowest BCUT2D eigenvalue weighted by molar-refractivity contribution is -0.117. The van der Waals surface area contributed by atoms with Gasteiger partial charge in [0, 0.05) is 23.2 Å². The second-order valence-corrected chi connectivity index (χ2v) is 8.48. The molecule has 0 saturated heterocycles. The van der Waals surface area contributed by atoms with Crippen LogP contribution in [-0.4, -0.2) is 45.7 Å². The Bertz CT molecular complexity index is 1280. The number of aromatic nitrogens is 8. The summed E-state index contributed by atoms with van der Waals surface area (Å²) in [5, 5.41) is 19.2. The van der Waals surface area contributed by atoms with Crippen LogP contribution in [0.1, 0.15) is 37.4 Å². The number of carbonyl (C=O) groups excluding carboxylic acids is 1. The first-order valence-electron chi connectivity index (χ1n) is 9.08. The molecule has 0 aliphatic heterocycles. The molecule has 0 aromatic carbocycles. The number of anilines is 1. The number of tetrazole rings is 1. The lowest BCUT2D eigenvalue weighted by atomic mass is 9.88. The first-order chi connectivity index (χ1) is 14.3. The maximum absolute atomic E-state index is 13.1. The number of nitrogens with zero attached hydrogens (tertiary/aromatic N) is 8. The summed E-state index contributed by atoms with van der Waals surface area (Å²) in [4.78, 5) is 23.0. The van der Waals surface area contributed by atoms with E-state index >= 15 is 0 Å². The first-order valence-corrected chi connectivity index (χ1v) is 9.83. The highest BCUT2D eigenvalue weighted by Gasteiger charge is 2.43. The van der Waals surface area contributed by atoms with Gasteiger partial charge in [0.05, 0.1) is 28.5 Å². The van der Waals surface area contributed by atoms with E-state index in [9.17, 15) is 4.79 Å². The van der Waals surface area contributed by atoms with Gasteiger partial charge in [-0.25, -0.2) is 14.5 Å². The molecule has 0 saturated carbocycles. The van der Waals surface area contributed by atoms with Crippen molar-refractivity contribution in [2.45, 2.75) is 31.6 Å². The number of pyridine rings is 1. The second-order valence-electron chi connectivity index (χ2n) is 7.68. The number of carbonyl (C=O) groups is 1. The summed E-state index contributed by atoms with van der Waals surface area (Å²) in [5.74, 6) is -0.252. The number of amides is 1. The van der Waals surface area contributed by atoms with Gasteiger partial charge in [0.15, 0.2) is 22.9 Å². The van der Waals surface area contributed by atoms with Crippen molar-refractivity contribution in [3.05, 3.63) is 52.3 Å². The molecule has 152 valence electrons. The molecule has 10 nitrogen and oxygen atoms in total. The molecule has 1 aliphatic rings. The van der Waals surface area contributed by atoms with E-state index in [1.54, 1.807) is 22.8 Å². The zero-order valence-electron chi connectivity index (χ0n) is 15.9. The van der Waals surface area contributed by atoms with Gasteiger partial charge in [0.25, 0.3) is 0 Å². The summed E-state index contributed by atoms with van der Waals surface area (Å²) in [6.07, 6.45) is 5.11. The van der Waals surface area contributed by atoms with Crippen LogP contribution in [0.15, 0.2) is 30.9 Å². The number of nitrogens with one attached hydrogen (secondary N) is 1. The van der Waals surface area contributed by atoms with E-state index < -0.39 is 5.92 Å². The molecule has 1 atom stereocenters. The standard InChI is InChI=1S/C18H15Cl2N9O/c1-18(2)5-10(11-7-21-14-4-13(20)26-28(14)15(11)18)17(30)25-9-3-12(19)16(22-6-9)29-24-8-23-27-29/h3-4,6-8,10H,5H2,1-2H3,(H,25,30). The average molecular weight is 444 g/mol. The average Bonchev–Trinajstić information content (AvgIpc) is 3.39. The van der Waals surface area contributed by atoms with Gasteiger partial charge in [-0.1, -0.05) is 37.0 Å². The van der Waals surface area contributed by atoms with E-state index in [-0.39, 0.29) is 16.3 Å². The minimum atomic E-state index is -0.398. The van der Waals surface area contributed by atoms with Gasteiger partial charge in [0.2, 0.25) is 5.91 Å². The minimum absolute atomic E-state index is 0.175. The lowest BCUT2D eigenvalue weighted by Gasteiger charge is -2.19. The zero-order chi connectivity index (χ0) is 21.0. The number of fused-ring (bicyclic) bond motifs is 3. The SMILES string of the molecule is CC1(C)CC(C(=O)Nc2cnc(-n3ncnn3)c(Cl)c2)c2cnc3cc(Cl)nn3c21. The van der Waals surface area contributed by atoms with E-state index in [0.29, 0.717) is 28.7 Å². The Kier molecular flexibility index (Phi) is 4.23. The predicted molar refractivity (Wildman–Crippen MR) is 109 cm³/mol. The van der Waals surface area contributed by atoms with Crippen molar-refractivity contribution < 1.29 is 4.79 Å². The maximum Gasteiger partial charge on any atom is 0.232 e. The van der Waals surface area contributed by atoms with E-state index in [0.717, 1.165) is 11.3 Å². The highest BCUT2D eigenvalue weighted by Crippen LogP contribution is 2.46. The zero-order valence-corrected chi connectivity index (χ0v) is 17.4. The van der Waals surface area contributed by atoms with Crippen molar-refractivity contribution in [2.75, 3.05) is 5.32 Å². The van der Waals surface area contributed by atoms with Gasteiger partial charge in [-0.05, 0) is 17.7 Å². The Morgan fingerprint density at radius 2 is 2.07 bits per heavy atom. The van der Waals surface area contributed by atoms with Crippen LogP contribution in [0.4, 0.5) is 5.69 Å². The molecule has 1 N–H and O–H groups in total. The van der Waals surface area contributed by atoms with Crippen molar-refractivity contribution in [3.63, 3.8) is 0 Å². The van der Waals surface area contributed by atoms with Gasteiger partial charge in [-0.15, -0.1) is 15.0 Å². The normalized spacial score (nSPS) is 17.3. The third-order valence-corrected chi connectivity index (χ3v) is 5.62. The molecule has 1 amide bonds. The molecule has 5 rings (SSSR count). The number of hydrogen-bond donors (Lipinski definition) is 1. The van der Waals surface area contributed by atoms with Crippen LogP contribution in [-0.2, 0) is 10.2 Å². The molecule has 12 heteroatoms. The van der Waals surface area contributed by atoms with Crippen molar-refractivity contribution in [2.24, 2.45) is 0 Å². The summed E-state index contributed by atoms with van der Waals surface area (Å²) in [6, 6.07) is 3.30. The summed E-state index contributed by atoms with van der Waals surface area (Å²) in [5.41, 5.74) is 2.60. The molecule has 4 aromatic rings. The quantitative estimate of drug-likeness (QED) is 0.517. The highest BCUT2D eigenvalue weighted by atomic mass is 35.5. The largest absolute Gasteiger partial charge is 0.324 e. The van der Waals surface area contributed by atoms with Gasteiger partial charge in [-0.2, -0.15) is 5.10 Å². The van der Waals surface area contributed by atoms with E-state index in [1.807, 2.05) is 0 Å². The van der Waals surface area contributed by atoms with E-state index in [4.69, 9.17) is 23.2 Å². The molecule has 1 aliphatic carbocycles. The molecule has 4 heterocycles. The van der Waals surface area contributed by atoms with Gasteiger partial charge in [-0.3, -0.25) is 4.79 Å². The molecule has 30 heavy (non-hydrogen) atoms. The fourth-order valence-electron chi connectivity index (χ4n) is 3.94. The van der Waals surface area contributed by atoms with Crippen molar-refractivity contribution >= 4 is 40.4 Å². The Hall–Kier alpha value is -3.11. The number of hydrogen-bond acceptors (Lipinski definition) is 7. The number of halogens is 2. The molecular weight excluding hydrogens is 429 g/mol. The summed E-state index contributed by atoms with van der Waals surface area (Å²) < 4.78 is 1.73. The summed E-state index contributed by atoms with van der Waals surface area (Å²) in [7, 11) is 0. The van der Waals surface area contributed by atoms with Crippen LogP contribution in [0.2, 0.25) is 10.2 Å². The van der Waals surface area contributed by atoms with Crippen molar-refractivity contribution in [1.29, 1.82) is 0 Å². The Morgan fingerprint density at radius 1 is 1.23 bits per heavy atom. The molecule has 4 aromatic heterocycles. The smallest absolute Gasteiger partial charge is 0.232 e. The second kappa shape index (κ2) is 6.71. The summed E-state index contributed by atoms with van der Waals surface area (Å²) in [6.45, 7) is 4.15. The third-order valence-electron chi connectivity index (χ3n) is 5.16. The molecule has 0 fully saturated rings. The minimum Gasteiger partial charge on any atom is -0.324 e. The fraction of sp³-hybridized carbons (Fsp3) is 0.278. The van der Waals surface area contributed by atoms with Crippen molar-refractivity contribution in [3.8, 4) is 5.82 Å². The van der Waals surface area contributed by atoms with Crippen LogP contribution >= 0.6 is 23.2 Å². The molecule has 1 unspecified atom stereocenters.